The fourth-order valence-corrected chi connectivity index (χ4v) is 2.84. The Morgan fingerprint density at radius 2 is 1.75 bits per heavy atom. The number of hydrogen-bond acceptors (Lipinski definition) is 3. The second kappa shape index (κ2) is 6.91. The van der Waals surface area contributed by atoms with Gasteiger partial charge in [-0.25, -0.2) is 0 Å². The van der Waals surface area contributed by atoms with Gasteiger partial charge < -0.3 is 15.4 Å². The van der Waals surface area contributed by atoms with E-state index in [4.69, 9.17) is 0 Å². The van der Waals surface area contributed by atoms with Crippen molar-refractivity contribution in [2.24, 2.45) is 0 Å². The third kappa shape index (κ3) is 3.07. The number of anilines is 1. The van der Waals surface area contributed by atoms with Gasteiger partial charge in [0.1, 0.15) is 0 Å². The zero-order chi connectivity index (χ0) is 15.6. The number of halogens is 1. The number of H-pyrrole nitrogens is 1. The first kappa shape index (κ1) is 16.3. The van der Waals surface area contributed by atoms with E-state index in [0.29, 0.717) is 5.69 Å². The minimum absolute atomic E-state index is 0. The van der Waals surface area contributed by atoms with Gasteiger partial charge in [0.25, 0.3) is 0 Å². The lowest BCUT2D eigenvalue weighted by molar-refractivity contribution is 0.277. The Hall–Kier alpha value is -2.56. The van der Waals surface area contributed by atoms with E-state index in [0.717, 1.165) is 34.0 Å². The second-order valence-electron chi connectivity index (χ2n) is 5.60. The number of nitrogens with zero attached hydrogens (tertiary/aromatic N) is 1. The van der Waals surface area contributed by atoms with E-state index < -0.39 is 0 Å². The summed E-state index contributed by atoms with van der Waals surface area (Å²) in [6.07, 6.45) is 1.78. The van der Waals surface area contributed by atoms with Crippen molar-refractivity contribution in [2.45, 2.75) is 13.2 Å². The van der Waals surface area contributed by atoms with E-state index >= 15 is 0 Å². The molecule has 0 saturated heterocycles. The number of aromatic nitrogens is 2. The van der Waals surface area contributed by atoms with Crippen LogP contribution in [0, 0.1) is 0 Å². The summed E-state index contributed by atoms with van der Waals surface area (Å²) in [6, 6.07) is 18.5. The largest absolute Gasteiger partial charge is 0.390 e. The van der Waals surface area contributed by atoms with Crippen LogP contribution in [0.1, 0.15) is 11.3 Å². The van der Waals surface area contributed by atoms with Crippen molar-refractivity contribution in [3.05, 3.63) is 72.1 Å². The SMILES string of the molecule is Cl.OCc1cc2c(cn1)[nH]c1ccc(NCc3ccccc3)cc12. The number of aliphatic hydroxyl groups is 1. The van der Waals surface area contributed by atoms with Gasteiger partial charge in [0.05, 0.1) is 24.0 Å². The Bertz CT molecular complexity index is 966. The Kier molecular flexibility index (Phi) is 4.69. The normalized spacial score (nSPS) is 10.7. The number of aliphatic hydroxyl groups excluding tert-OH is 1. The van der Waals surface area contributed by atoms with Crippen LogP contribution >= 0.6 is 12.4 Å². The van der Waals surface area contributed by atoms with Crippen LogP contribution in [0.5, 0.6) is 0 Å². The molecule has 2 aromatic heterocycles. The van der Waals surface area contributed by atoms with Gasteiger partial charge in [-0.2, -0.15) is 0 Å². The summed E-state index contributed by atoms with van der Waals surface area (Å²) in [6.45, 7) is 0.743. The number of pyridine rings is 1. The van der Waals surface area contributed by atoms with Gasteiger partial charge in [-0.3, -0.25) is 4.98 Å². The Labute approximate surface area is 146 Å². The van der Waals surface area contributed by atoms with E-state index in [1.807, 2.05) is 24.3 Å². The first-order valence-corrected chi connectivity index (χ1v) is 7.62. The molecule has 4 aromatic rings. The molecule has 0 aliphatic heterocycles. The highest BCUT2D eigenvalue weighted by molar-refractivity contribution is 6.08. The molecule has 0 radical (unpaired) electrons. The smallest absolute Gasteiger partial charge is 0.0853 e. The molecule has 0 unspecified atom stereocenters. The third-order valence-electron chi connectivity index (χ3n) is 4.04. The van der Waals surface area contributed by atoms with Gasteiger partial charge in [0, 0.05) is 28.5 Å². The number of rotatable bonds is 4. The summed E-state index contributed by atoms with van der Waals surface area (Å²) < 4.78 is 0. The van der Waals surface area contributed by atoms with Gasteiger partial charge in [0.2, 0.25) is 0 Å². The van der Waals surface area contributed by atoms with Crippen molar-refractivity contribution in [2.75, 3.05) is 5.32 Å². The van der Waals surface area contributed by atoms with E-state index in [-0.39, 0.29) is 19.0 Å². The summed E-state index contributed by atoms with van der Waals surface area (Å²) in [4.78, 5) is 7.58. The van der Waals surface area contributed by atoms with Crippen LogP contribution in [0.4, 0.5) is 5.69 Å². The molecule has 24 heavy (non-hydrogen) atoms. The first-order valence-electron chi connectivity index (χ1n) is 7.62. The molecule has 5 heteroatoms. The minimum Gasteiger partial charge on any atom is -0.390 e. The zero-order valence-electron chi connectivity index (χ0n) is 13.0. The molecular formula is C19H18ClN3O. The van der Waals surface area contributed by atoms with E-state index in [1.54, 1.807) is 6.20 Å². The van der Waals surface area contributed by atoms with E-state index in [2.05, 4.69) is 45.6 Å². The van der Waals surface area contributed by atoms with Gasteiger partial charge in [-0.05, 0) is 29.8 Å². The van der Waals surface area contributed by atoms with Gasteiger partial charge in [-0.1, -0.05) is 30.3 Å². The summed E-state index contributed by atoms with van der Waals surface area (Å²) in [5.74, 6) is 0. The number of hydrogen-bond donors (Lipinski definition) is 3. The zero-order valence-corrected chi connectivity index (χ0v) is 13.8. The number of fused-ring (bicyclic) bond motifs is 3. The Morgan fingerprint density at radius 1 is 0.958 bits per heavy atom. The summed E-state index contributed by atoms with van der Waals surface area (Å²) >= 11 is 0. The Morgan fingerprint density at radius 3 is 2.54 bits per heavy atom. The maximum atomic E-state index is 9.29. The highest BCUT2D eigenvalue weighted by Crippen LogP contribution is 2.28. The standard InChI is InChI=1S/C19H17N3O.ClH/c23-12-15-9-17-16-8-14(20-10-13-4-2-1-3-5-13)6-7-18(16)22-19(17)11-21-15;/h1-9,11,20,22-23H,10,12H2;1H. The van der Waals surface area contributed by atoms with Crippen molar-refractivity contribution in [1.82, 2.24) is 9.97 Å². The van der Waals surface area contributed by atoms with Crippen LogP contribution in [0.15, 0.2) is 60.8 Å². The predicted molar refractivity (Wildman–Crippen MR) is 101 cm³/mol. The molecule has 4 rings (SSSR count). The predicted octanol–water partition coefficient (Wildman–Crippen LogP) is 4.24. The molecule has 122 valence electrons. The molecule has 0 spiro atoms. The number of aromatic amines is 1. The van der Waals surface area contributed by atoms with Crippen LogP contribution in [0.25, 0.3) is 21.8 Å². The minimum atomic E-state index is -0.0471. The molecule has 0 saturated carbocycles. The molecule has 0 aliphatic rings. The van der Waals surface area contributed by atoms with Crippen LogP contribution in [0.2, 0.25) is 0 Å². The topological polar surface area (TPSA) is 60.9 Å². The van der Waals surface area contributed by atoms with E-state index in [9.17, 15) is 5.11 Å². The first-order chi connectivity index (χ1) is 11.3. The maximum absolute atomic E-state index is 9.29. The van der Waals surface area contributed by atoms with Crippen molar-refractivity contribution >= 4 is 39.9 Å². The Balaban J connectivity index is 0.00000169. The second-order valence-corrected chi connectivity index (χ2v) is 5.60. The molecule has 0 aliphatic carbocycles. The highest BCUT2D eigenvalue weighted by Gasteiger charge is 2.07. The molecule has 2 aromatic carbocycles. The van der Waals surface area contributed by atoms with Gasteiger partial charge in [0.15, 0.2) is 0 Å². The molecule has 0 atom stereocenters. The van der Waals surface area contributed by atoms with Gasteiger partial charge in [-0.15, -0.1) is 12.4 Å². The average Bonchev–Trinajstić information content (AvgIpc) is 2.98. The molecule has 3 N–H and O–H groups in total. The molecule has 4 nitrogen and oxygen atoms in total. The number of nitrogens with one attached hydrogen (secondary N) is 2. The fraction of sp³-hybridized carbons (Fsp3) is 0.105. The lowest BCUT2D eigenvalue weighted by Crippen LogP contribution is -1.98. The molecule has 2 heterocycles. The average molecular weight is 340 g/mol. The molecular weight excluding hydrogens is 322 g/mol. The molecule has 0 amide bonds. The van der Waals surface area contributed by atoms with Crippen molar-refractivity contribution < 1.29 is 5.11 Å². The summed E-state index contributed by atoms with van der Waals surface area (Å²) in [5.41, 5.74) is 5.06. The summed E-state index contributed by atoms with van der Waals surface area (Å²) in [7, 11) is 0. The lowest BCUT2D eigenvalue weighted by atomic mass is 10.1. The molecule has 0 fully saturated rings. The third-order valence-corrected chi connectivity index (χ3v) is 4.04. The van der Waals surface area contributed by atoms with Gasteiger partial charge >= 0.3 is 0 Å². The van der Waals surface area contributed by atoms with Crippen molar-refractivity contribution in [3.63, 3.8) is 0 Å². The lowest BCUT2D eigenvalue weighted by Gasteiger charge is -2.06. The summed E-state index contributed by atoms with van der Waals surface area (Å²) in [5, 5.41) is 15.0. The van der Waals surface area contributed by atoms with Crippen LogP contribution in [-0.4, -0.2) is 15.1 Å². The quantitative estimate of drug-likeness (QED) is 0.521. The van der Waals surface area contributed by atoms with E-state index in [1.165, 1.54) is 5.56 Å². The molecule has 0 bridgehead atoms. The fourth-order valence-electron chi connectivity index (χ4n) is 2.84. The van der Waals surface area contributed by atoms with Crippen molar-refractivity contribution in [3.8, 4) is 0 Å². The van der Waals surface area contributed by atoms with Crippen LogP contribution in [-0.2, 0) is 13.2 Å². The van der Waals surface area contributed by atoms with Crippen molar-refractivity contribution in [1.29, 1.82) is 0 Å². The number of benzene rings is 2. The van der Waals surface area contributed by atoms with Crippen LogP contribution in [0.3, 0.4) is 0 Å². The highest BCUT2D eigenvalue weighted by atomic mass is 35.5. The maximum Gasteiger partial charge on any atom is 0.0853 e. The van der Waals surface area contributed by atoms with Crippen LogP contribution < -0.4 is 5.32 Å². The monoisotopic (exact) mass is 339 g/mol.